The first-order valence-electron chi connectivity index (χ1n) is 5.91. The predicted molar refractivity (Wildman–Crippen MR) is 69.8 cm³/mol. The smallest absolute Gasteiger partial charge is 0.194 e. The molecule has 1 aromatic carbocycles. The van der Waals surface area contributed by atoms with E-state index in [-0.39, 0.29) is 12.2 Å². The fourth-order valence-electron chi connectivity index (χ4n) is 1.77. The second kappa shape index (κ2) is 6.34. The van der Waals surface area contributed by atoms with Crippen LogP contribution in [0.25, 0.3) is 0 Å². The minimum Gasteiger partial charge on any atom is -0.394 e. The summed E-state index contributed by atoms with van der Waals surface area (Å²) in [5.41, 5.74) is 0.158. The van der Waals surface area contributed by atoms with E-state index in [0.29, 0.717) is 6.54 Å². The summed E-state index contributed by atoms with van der Waals surface area (Å²) in [6.07, 6.45) is 1.69. The number of nitrogens with zero attached hydrogens (tertiary/aromatic N) is 1. The zero-order valence-electron chi connectivity index (χ0n) is 10.7. The number of aromatic nitrogens is 1. The standard InChI is InChI=1S/C13H13F3N2OS/c1-7-17-4-9(20-7)5-18-12(6-19)8-2-10(14)13(16)11(15)3-8/h2-4,12,18-19H,5-6H2,1H3. The number of nitrogens with one attached hydrogen (secondary N) is 1. The van der Waals surface area contributed by atoms with Crippen molar-refractivity contribution in [2.75, 3.05) is 6.61 Å². The second-order valence-corrected chi connectivity index (χ2v) is 5.58. The number of rotatable bonds is 5. The zero-order chi connectivity index (χ0) is 14.7. The molecule has 0 aliphatic rings. The van der Waals surface area contributed by atoms with Gasteiger partial charge < -0.3 is 10.4 Å². The Labute approximate surface area is 118 Å². The molecule has 0 radical (unpaired) electrons. The minimum atomic E-state index is -1.51. The quantitative estimate of drug-likeness (QED) is 0.835. The third-order valence-corrected chi connectivity index (χ3v) is 3.70. The number of hydrogen-bond donors (Lipinski definition) is 2. The molecule has 0 spiro atoms. The highest BCUT2D eigenvalue weighted by Gasteiger charge is 2.17. The fourth-order valence-corrected chi connectivity index (χ4v) is 2.52. The van der Waals surface area contributed by atoms with E-state index >= 15 is 0 Å². The highest BCUT2D eigenvalue weighted by atomic mass is 32.1. The molecule has 1 aromatic heterocycles. The lowest BCUT2D eigenvalue weighted by atomic mass is 10.1. The van der Waals surface area contributed by atoms with Crippen LogP contribution in [0.2, 0.25) is 0 Å². The van der Waals surface area contributed by atoms with Crippen molar-refractivity contribution in [3.63, 3.8) is 0 Å². The number of hydrogen-bond acceptors (Lipinski definition) is 4. The van der Waals surface area contributed by atoms with Gasteiger partial charge in [-0.25, -0.2) is 18.2 Å². The van der Waals surface area contributed by atoms with Crippen molar-refractivity contribution >= 4 is 11.3 Å². The van der Waals surface area contributed by atoms with Crippen LogP contribution in [0.3, 0.4) is 0 Å². The van der Waals surface area contributed by atoms with Crippen LogP contribution in [-0.4, -0.2) is 16.7 Å². The Balaban J connectivity index is 2.12. The van der Waals surface area contributed by atoms with Crippen molar-refractivity contribution in [2.45, 2.75) is 19.5 Å². The second-order valence-electron chi connectivity index (χ2n) is 4.26. The van der Waals surface area contributed by atoms with Crippen molar-refractivity contribution < 1.29 is 18.3 Å². The lowest BCUT2D eigenvalue weighted by Crippen LogP contribution is -2.24. The van der Waals surface area contributed by atoms with E-state index in [0.717, 1.165) is 22.0 Å². The van der Waals surface area contributed by atoms with E-state index in [1.165, 1.54) is 11.3 Å². The van der Waals surface area contributed by atoms with Crippen LogP contribution >= 0.6 is 11.3 Å². The summed E-state index contributed by atoms with van der Waals surface area (Å²) >= 11 is 1.48. The minimum absolute atomic E-state index is 0.158. The van der Waals surface area contributed by atoms with Crippen molar-refractivity contribution in [3.8, 4) is 0 Å². The van der Waals surface area contributed by atoms with Crippen molar-refractivity contribution in [1.82, 2.24) is 10.3 Å². The first-order chi connectivity index (χ1) is 9.51. The van der Waals surface area contributed by atoms with Gasteiger partial charge in [0.05, 0.1) is 17.7 Å². The maximum Gasteiger partial charge on any atom is 0.194 e. The van der Waals surface area contributed by atoms with E-state index in [9.17, 15) is 18.3 Å². The summed E-state index contributed by atoms with van der Waals surface area (Å²) in [7, 11) is 0. The maximum absolute atomic E-state index is 13.2. The van der Waals surface area contributed by atoms with Crippen molar-refractivity contribution in [1.29, 1.82) is 0 Å². The van der Waals surface area contributed by atoms with Crippen LogP contribution in [-0.2, 0) is 6.54 Å². The van der Waals surface area contributed by atoms with Gasteiger partial charge in [-0.1, -0.05) is 0 Å². The Hall–Kier alpha value is -1.44. The molecule has 0 saturated carbocycles. The van der Waals surface area contributed by atoms with E-state index in [1.807, 2.05) is 6.92 Å². The van der Waals surface area contributed by atoms with Crippen molar-refractivity contribution in [3.05, 3.63) is 51.2 Å². The monoisotopic (exact) mass is 302 g/mol. The first kappa shape index (κ1) is 15.0. The molecule has 0 saturated heterocycles. The topological polar surface area (TPSA) is 45.2 Å². The average molecular weight is 302 g/mol. The Morgan fingerprint density at radius 2 is 1.95 bits per heavy atom. The largest absolute Gasteiger partial charge is 0.394 e. The van der Waals surface area contributed by atoms with Crippen LogP contribution < -0.4 is 5.32 Å². The molecule has 7 heteroatoms. The van der Waals surface area contributed by atoms with Gasteiger partial charge in [-0.05, 0) is 24.6 Å². The Morgan fingerprint density at radius 3 is 2.45 bits per heavy atom. The third-order valence-electron chi connectivity index (χ3n) is 2.78. The molecule has 0 amide bonds. The molecule has 2 N–H and O–H groups in total. The summed E-state index contributed by atoms with van der Waals surface area (Å²) < 4.78 is 39.2. The highest BCUT2D eigenvalue weighted by Crippen LogP contribution is 2.20. The Morgan fingerprint density at radius 1 is 1.30 bits per heavy atom. The SMILES string of the molecule is Cc1ncc(CNC(CO)c2cc(F)c(F)c(F)c2)s1. The number of aryl methyl sites for hydroxylation is 1. The molecule has 20 heavy (non-hydrogen) atoms. The summed E-state index contributed by atoms with van der Waals surface area (Å²) in [6, 6.07) is 1.08. The Kier molecular flexibility index (Phi) is 4.74. The number of benzene rings is 1. The van der Waals surface area contributed by atoms with Crippen LogP contribution in [0.4, 0.5) is 13.2 Å². The summed E-state index contributed by atoms with van der Waals surface area (Å²) in [5.74, 6) is -4.05. The number of halogens is 3. The van der Waals surface area contributed by atoms with Crippen molar-refractivity contribution in [2.24, 2.45) is 0 Å². The fraction of sp³-hybridized carbons (Fsp3) is 0.308. The van der Waals surface area contributed by atoms with E-state index < -0.39 is 23.5 Å². The summed E-state index contributed by atoms with van der Waals surface area (Å²) in [5, 5.41) is 13.2. The van der Waals surface area contributed by atoms with Gasteiger partial charge in [0.15, 0.2) is 17.5 Å². The summed E-state index contributed by atoms with van der Waals surface area (Å²) in [4.78, 5) is 5.01. The summed E-state index contributed by atoms with van der Waals surface area (Å²) in [6.45, 7) is 1.90. The number of thiazole rings is 1. The lowest BCUT2D eigenvalue weighted by molar-refractivity contribution is 0.243. The molecular formula is C13H13F3N2OS. The molecule has 2 aromatic rings. The highest BCUT2D eigenvalue weighted by molar-refractivity contribution is 7.11. The molecule has 3 nitrogen and oxygen atoms in total. The van der Waals surface area contributed by atoms with Crippen LogP contribution in [0.15, 0.2) is 18.3 Å². The van der Waals surface area contributed by atoms with E-state index in [1.54, 1.807) is 6.20 Å². The van der Waals surface area contributed by atoms with Gasteiger partial charge in [0.1, 0.15) is 0 Å². The first-order valence-corrected chi connectivity index (χ1v) is 6.73. The van der Waals surface area contributed by atoms with Gasteiger partial charge in [0.25, 0.3) is 0 Å². The molecular weight excluding hydrogens is 289 g/mol. The molecule has 0 aliphatic carbocycles. The molecule has 1 heterocycles. The molecule has 0 aliphatic heterocycles. The molecule has 0 bridgehead atoms. The lowest BCUT2D eigenvalue weighted by Gasteiger charge is -2.16. The maximum atomic E-state index is 13.2. The van der Waals surface area contributed by atoms with Gasteiger partial charge in [0.2, 0.25) is 0 Å². The molecule has 1 unspecified atom stereocenters. The molecule has 0 fully saturated rings. The van der Waals surface area contributed by atoms with Gasteiger partial charge in [-0.15, -0.1) is 11.3 Å². The van der Waals surface area contributed by atoms with Gasteiger partial charge in [-0.2, -0.15) is 0 Å². The number of aliphatic hydroxyl groups excluding tert-OH is 1. The predicted octanol–water partition coefficient (Wildman–Crippen LogP) is 2.69. The van der Waals surface area contributed by atoms with Gasteiger partial charge in [-0.3, -0.25) is 0 Å². The Bertz CT molecular complexity index is 580. The molecule has 2 rings (SSSR count). The zero-order valence-corrected chi connectivity index (χ0v) is 11.5. The normalized spacial score (nSPS) is 12.7. The van der Waals surface area contributed by atoms with Crippen LogP contribution in [0.1, 0.15) is 21.5 Å². The molecule has 108 valence electrons. The average Bonchev–Trinajstić information content (AvgIpc) is 2.82. The number of aliphatic hydroxyl groups is 1. The van der Waals surface area contributed by atoms with Gasteiger partial charge >= 0.3 is 0 Å². The molecule has 1 atom stereocenters. The van der Waals surface area contributed by atoms with Crippen LogP contribution in [0.5, 0.6) is 0 Å². The van der Waals surface area contributed by atoms with E-state index in [4.69, 9.17) is 0 Å². The van der Waals surface area contributed by atoms with E-state index in [2.05, 4.69) is 10.3 Å². The van der Waals surface area contributed by atoms with Gasteiger partial charge in [0, 0.05) is 17.6 Å². The third kappa shape index (κ3) is 3.36. The van der Waals surface area contributed by atoms with Crippen LogP contribution in [0, 0.1) is 24.4 Å².